The molecule has 0 aliphatic heterocycles. The fourth-order valence-corrected chi connectivity index (χ4v) is 7.20. The van der Waals surface area contributed by atoms with Gasteiger partial charge in [-0.15, -0.1) is 0 Å². The minimum Gasteiger partial charge on any atom is -0.462 e. The molecule has 0 spiro atoms. The first kappa shape index (κ1) is 40.7. The van der Waals surface area contributed by atoms with Gasteiger partial charge in [0.2, 0.25) is 0 Å². The Morgan fingerprint density at radius 2 is 0.500 bits per heavy atom. The molecule has 300 valence electrons. The van der Waals surface area contributed by atoms with Crippen molar-refractivity contribution in [1.82, 2.24) is 0 Å². The standard InChI is InChI=1S/C50H40O10/c1-5-57-47(53)33-17-9-29(10-18-33)37-25-41-42(26-38(37)30-11-19-34(20-12-30)48(54)58-6-2)46(52)44-28-40(32-15-23-36(24-16-32)50(56)60-8-4)39(27-43(44)45(41)51)31-13-21-35(22-14-31)49(55)59-7-3/h9-28H,5-8H2,1-4H3. The average Bonchev–Trinajstić information content (AvgIpc) is 3.28. The number of carbonyl (C=O) groups excluding carboxylic acids is 6. The predicted octanol–water partition coefficient (Wildman–Crippen LogP) is 9.84. The second-order valence-corrected chi connectivity index (χ2v) is 13.7. The van der Waals surface area contributed by atoms with E-state index in [1.54, 1.807) is 149 Å². The maximum atomic E-state index is 14.7. The summed E-state index contributed by atoms with van der Waals surface area (Å²) in [5.74, 6) is -2.63. The predicted molar refractivity (Wildman–Crippen MR) is 225 cm³/mol. The lowest BCUT2D eigenvalue weighted by atomic mass is 9.77. The molecular formula is C50H40O10. The topological polar surface area (TPSA) is 139 Å². The second kappa shape index (κ2) is 17.6. The van der Waals surface area contributed by atoms with Crippen LogP contribution in [0.25, 0.3) is 44.5 Å². The van der Waals surface area contributed by atoms with Crippen molar-refractivity contribution in [3.8, 4) is 44.5 Å². The Bertz CT molecular complexity index is 2290. The summed E-state index contributed by atoms with van der Waals surface area (Å²) in [6, 6.07) is 34.0. The van der Waals surface area contributed by atoms with Gasteiger partial charge in [-0.1, -0.05) is 48.5 Å². The summed E-state index contributed by atoms with van der Waals surface area (Å²) in [4.78, 5) is 79.5. The van der Waals surface area contributed by atoms with Gasteiger partial charge in [-0.25, -0.2) is 19.2 Å². The van der Waals surface area contributed by atoms with Gasteiger partial charge in [0.15, 0.2) is 11.6 Å². The zero-order valence-electron chi connectivity index (χ0n) is 33.5. The smallest absolute Gasteiger partial charge is 0.338 e. The normalized spacial score (nSPS) is 11.6. The van der Waals surface area contributed by atoms with E-state index in [4.69, 9.17) is 18.9 Å². The molecule has 0 N–H and O–H groups in total. The van der Waals surface area contributed by atoms with E-state index in [2.05, 4.69) is 0 Å². The van der Waals surface area contributed by atoms with Crippen molar-refractivity contribution in [2.45, 2.75) is 27.7 Å². The Labute approximate surface area is 346 Å². The highest BCUT2D eigenvalue weighted by atomic mass is 16.5. The molecule has 0 aromatic heterocycles. The summed E-state index contributed by atoms with van der Waals surface area (Å²) in [5.41, 5.74) is 7.35. The van der Waals surface area contributed by atoms with Gasteiger partial charge < -0.3 is 18.9 Å². The molecule has 0 saturated heterocycles. The number of benzene rings is 6. The van der Waals surface area contributed by atoms with Gasteiger partial charge in [0.05, 0.1) is 48.7 Å². The number of rotatable bonds is 12. The van der Waals surface area contributed by atoms with Crippen molar-refractivity contribution >= 4 is 35.4 Å². The summed E-state index contributed by atoms with van der Waals surface area (Å²) in [6.07, 6.45) is 0. The van der Waals surface area contributed by atoms with E-state index >= 15 is 0 Å². The lowest BCUT2D eigenvalue weighted by Gasteiger charge is -2.23. The molecular weight excluding hydrogens is 761 g/mol. The number of hydrogen-bond donors (Lipinski definition) is 0. The first-order valence-electron chi connectivity index (χ1n) is 19.6. The molecule has 0 radical (unpaired) electrons. The van der Waals surface area contributed by atoms with Gasteiger partial charge in [0.25, 0.3) is 0 Å². The minimum absolute atomic E-state index is 0.194. The van der Waals surface area contributed by atoms with Crippen LogP contribution in [-0.4, -0.2) is 61.9 Å². The maximum absolute atomic E-state index is 14.7. The Morgan fingerprint density at radius 1 is 0.317 bits per heavy atom. The van der Waals surface area contributed by atoms with E-state index in [-0.39, 0.29) is 60.2 Å². The molecule has 1 aliphatic carbocycles. The lowest BCUT2D eigenvalue weighted by molar-refractivity contribution is 0.0517. The van der Waals surface area contributed by atoms with Crippen molar-refractivity contribution in [3.63, 3.8) is 0 Å². The number of carbonyl (C=O) groups is 6. The molecule has 0 heterocycles. The Balaban J connectivity index is 1.39. The number of esters is 4. The van der Waals surface area contributed by atoms with Crippen LogP contribution >= 0.6 is 0 Å². The molecule has 1 aliphatic rings. The fraction of sp³-hybridized carbons (Fsp3) is 0.160. The van der Waals surface area contributed by atoms with Crippen LogP contribution in [0.5, 0.6) is 0 Å². The minimum atomic E-state index is -0.470. The quantitative estimate of drug-likeness (QED) is 0.0867. The van der Waals surface area contributed by atoms with Gasteiger partial charge in [0, 0.05) is 22.3 Å². The maximum Gasteiger partial charge on any atom is 0.338 e. The molecule has 0 fully saturated rings. The monoisotopic (exact) mass is 800 g/mol. The number of fused-ring (bicyclic) bond motifs is 2. The number of ether oxygens (including phenoxy) is 4. The van der Waals surface area contributed by atoms with Crippen LogP contribution in [0.2, 0.25) is 0 Å². The van der Waals surface area contributed by atoms with Crippen molar-refractivity contribution in [2.75, 3.05) is 26.4 Å². The van der Waals surface area contributed by atoms with Crippen LogP contribution in [-0.2, 0) is 18.9 Å². The van der Waals surface area contributed by atoms with Crippen molar-refractivity contribution < 1.29 is 47.7 Å². The van der Waals surface area contributed by atoms with Crippen LogP contribution < -0.4 is 0 Å². The third kappa shape index (κ3) is 8.00. The SMILES string of the molecule is CCOC(=O)c1ccc(-c2cc3c(cc2-c2ccc(C(=O)OCC)cc2)C(=O)c2cc(-c4ccc(C(=O)OCC)cc4)c(-c4ccc(C(=O)OCC)cc4)cc2C3=O)cc1. The van der Waals surface area contributed by atoms with Gasteiger partial charge in [0.1, 0.15) is 0 Å². The zero-order valence-corrected chi connectivity index (χ0v) is 33.5. The third-order valence-corrected chi connectivity index (χ3v) is 10.1. The Kier molecular flexibility index (Phi) is 11.9. The molecule has 0 bridgehead atoms. The highest BCUT2D eigenvalue weighted by molar-refractivity contribution is 6.30. The molecule has 60 heavy (non-hydrogen) atoms. The van der Waals surface area contributed by atoms with Crippen LogP contribution in [0, 0.1) is 0 Å². The molecule has 6 aromatic rings. The van der Waals surface area contributed by atoms with Gasteiger partial charge in [-0.2, -0.15) is 0 Å². The van der Waals surface area contributed by atoms with Crippen LogP contribution in [0.1, 0.15) is 101 Å². The molecule has 0 unspecified atom stereocenters. The van der Waals surface area contributed by atoms with Crippen LogP contribution in [0.4, 0.5) is 0 Å². The lowest BCUT2D eigenvalue weighted by Crippen LogP contribution is -2.21. The molecule has 10 nitrogen and oxygen atoms in total. The number of hydrogen-bond acceptors (Lipinski definition) is 10. The first-order valence-corrected chi connectivity index (χ1v) is 19.6. The first-order chi connectivity index (χ1) is 29.1. The number of ketones is 2. The average molecular weight is 801 g/mol. The molecule has 0 atom stereocenters. The summed E-state index contributed by atoms with van der Waals surface area (Å²) in [5, 5.41) is 0. The summed E-state index contributed by atoms with van der Waals surface area (Å²) < 4.78 is 20.7. The molecule has 0 amide bonds. The van der Waals surface area contributed by atoms with E-state index in [9.17, 15) is 28.8 Å². The Morgan fingerprint density at radius 3 is 0.667 bits per heavy atom. The van der Waals surface area contributed by atoms with Crippen molar-refractivity contribution in [2.24, 2.45) is 0 Å². The van der Waals surface area contributed by atoms with Gasteiger partial charge >= 0.3 is 23.9 Å². The van der Waals surface area contributed by atoms with E-state index in [1.165, 1.54) is 0 Å². The summed E-state index contributed by atoms with van der Waals surface area (Å²) >= 11 is 0. The molecule has 0 saturated carbocycles. The van der Waals surface area contributed by atoms with Crippen molar-refractivity contribution in [1.29, 1.82) is 0 Å². The van der Waals surface area contributed by atoms with Crippen LogP contribution in [0.15, 0.2) is 121 Å². The van der Waals surface area contributed by atoms with Gasteiger partial charge in [-0.3, -0.25) is 9.59 Å². The Hall–Kier alpha value is -7.46. The summed E-state index contributed by atoms with van der Waals surface area (Å²) in [7, 11) is 0. The molecule has 7 rings (SSSR count). The largest absolute Gasteiger partial charge is 0.462 e. The van der Waals surface area contributed by atoms with E-state index in [0.29, 0.717) is 66.8 Å². The second-order valence-electron chi connectivity index (χ2n) is 13.7. The fourth-order valence-electron chi connectivity index (χ4n) is 7.20. The molecule has 6 aromatic carbocycles. The third-order valence-electron chi connectivity index (χ3n) is 10.1. The van der Waals surface area contributed by atoms with Crippen LogP contribution in [0.3, 0.4) is 0 Å². The zero-order chi connectivity index (χ0) is 42.5. The van der Waals surface area contributed by atoms with Crippen molar-refractivity contribution in [3.05, 3.63) is 166 Å². The highest BCUT2D eigenvalue weighted by Gasteiger charge is 2.33. The van der Waals surface area contributed by atoms with Gasteiger partial charge in [-0.05, 0) is 145 Å². The van der Waals surface area contributed by atoms with E-state index < -0.39 is 23.9 Å². The van der Waals surface area contributed by atoms with E-state index in [1.807, 2.05) is 0 Å². The molecule has 10 heteroatoms. The van der Waals surface area contributed by atoms with E-state index in [0.717, 1.165) is 0 Å². The summed E-state index contributed by atoms with van der Waals surface area (Å²) in [6.45, 7) is 7.80. The highest BCUT2D eigenvalue weighted by Crippen LogP contribution is 2.42.